The van der Waals surface area contributed by atoms with E-state index in [-0.39, 0.29) is 11.2 Å². The van der Waals surface area contributed by atoms with Crippen molar-refractivity contribution < 1.29 is 19.4 Å². The van der Waals surface area contributed by atoms with Crippen molar-refractivity contribution in [3.8, 4) is 11.5 Å². The third-order valence-corrected chi connectivity index (χ3v) is 2.32. The first-order chi connectivity index (χ1) is 8.73. The number of carboxylic acids is 1. The molecule has 0 fully saturated rings. The number of benzene rings is 1. The average molecular weight is 264 g/mol. The lowest BCUT2D eigenvalue weighted by atomic mass is 10.1. The molecule has 0 heterocycles. The van der Waals surface area contributed by atoms with Gasteiger partial charge in [-0.05, 0) is 51.5 Å². The van der Waals surface area contributed by atoms with Gasteiger partial charge in [-0.25, -0.2) is 4.79 Å². The molecule has 0 bridgehead atoms. The van der Waals surface area contributed by atoms with Crippen molar-refractivity contribution in [2.45, 2.75) is 33.3 Å². The molecule has 4 heteroatoms. The molecule has 0 spiro atoms. The molecule has 104 valence electrons. The fraction of sp³-hybridized carbons (Fsp3) is 0.400. The van der Waals surface area contributed by atoms with Crippen LogP contribution < -0.4 is 9.47 Å². The lowest BCUT2D eigenvalue weighted by molar-refractivity contribution is -0.132. The van der Waals surface area contributed by atoms with Crippen LogP contribution in [0, 0.1) is 0 Å². The van der Waals surface area contributed by atoms with Crippen molar-refractivity contribution in [1.82, 2.24) is 0 Å². The molecule has 0 unspecified atom stereocenters. The summed E-state index contributed by atoms with van der Waals surface area (Å²) in [7, 11) is 1.57. The Morgan fingerprint density at radius 1 is 1.26 bits per heavy atom. The topological polar surface area (TPSA) is 55.8 Å². The van der Waals surface area contributed by atoms with Crippen LogP contribution in [0.3, 0.4) is 0 Å². The summed E-state index contributed by atoms with van der Waals surface area (Å²) in [6.45, 7) is 7.38. The minimum Gasteiger partial charge on any atom is -0.493 e. The number of carboxylic acid groups (broad SMARTS) is 1. The summed E-state index contributed by atoms with van der Waals surface area (Å²) in [5, 5.41) is 8.88. The van der Waals surface area contributed by atoms with Gasteiger partial charge in [0.2, 0.25) is 0 Å². The van der Waals surface area contributed by atoms with Crippen LogP contribution in [-0.4, -0.2) is 23.8 Å². The highest BCUT2D eigenvalue weighted by atomic mass is 16.5. The van der Waals surface area contributed by atoms with Gasteiger partial charge >= 0.3 is 5.97 Å². The van der Waals surface area contributed by atoms with Crippen molar-refractivity contribution in [3.05, 3.63) is 29.3 Å². The number of methoxy groups -OCH3 is 1. The highest BCUT2D eigenvalue weighted by Crippen LogP contribution is 2.31. The van der Waals surface area contributed by atoms with Crippen LogP contribution in [0.4, 0.5) is 0 Å². The van der Waals surface area contributed by atoms with E-state index in [2.05, 4.69) is 0 Å². The van der Waals surface area contributed by atoms with Crippen molar-refractivity contribution in [2.24, 2.45) is 0 Å². The van der Waals surface area contributed by atoms with E-state index in [1.807, 2.05) is 20.8 Å². The maximum atomic E-state index is 10.8. The lowest BCUT2D eigenvalue weighted by Gasteiger charge is -2.23. The number of aliphatic carboxylic acids is 1. The Kier molecular flexibility index (Phi) is 4.59. The Morgan fingerprint density at radius 3 is 2.37 bits per heavy atom. The van der Waals surface area contributed by atoms with E-state index in [4.69, 9.17) is 14.6 Å². The molecule has 19 heavy (non-hydrogen) atoms. The molecule has 1 aromatic carbocycles. The summed E-state index contributed by atoms with van der Waals surface area (Å²) in [6.07, 6.45) is 1.59. The molecular formula is C15H20O4. The SMILES string of the molecule is COc1ccc(C=C(C)C(=O)O)cc1OC(C)(C)C. The van der Waals surface area contributed by atoms with E-state index in [1.165, 1.54) is 0 Å². The second kappa shape index (κ2) is 5.78. The smallest absolute Gasteiger partial charge is 0.331 e. The predicted molar refractivity (Wildman–Crippen MR) is 74.7 cm³/mol. The molecule has 4 nitrogen and oxygen atoms in total. The highest BCUT2D eigenvalue weighted by Gasteiger charge is 2.15. The van der Waals surface area contributed by atoms with E-state index in [0.29, 0.717) is 11.5 Å². The van der Waals surface area contributed by atoms with Gasteiger partial charge in [0.05, 0.1) is 7.11 Å². The highest BCUT2D eigenvalue weighted by molar-refractivity contribution is 5.91. The molecule has 0 aliphatic rings. The quantitative estimate of drug-likeness (QED) is 0.847. The summed E-state index contributed by atoms with van der Waals surface area (Å²) >= 11 is 0. The summed E-state index contributed by atoms with van der Waals surface area (Å²) in [6, 6.07) is 5.33. The van der Waals surface area contributed by atoms with E-state index >= 15 is 0 Å². The van der Waals surface area contributed by atoms with Crippen molar-refractivity contribution >= 4 is 12.0 Å². The number of rotatable bonds is 4. The maximum absolute atomic E-state index is 10.8. The van der Waals surface area contributed by atoms with Gasteiger partial charge in [-0.15, -0.1) is 0 Å². The minimum atomic E-state index is -0.936. The molecule has 0 saturated carbocycles. The first-order valence-corrected chi connectivity index (χ1v) is 6.01. The third-order valence-electron chi connectivity index (χ3n) is 2.32. The molecule has 1 aromatic rings. The number of hydrogen-bond donors (Lipinski definition) is 1. The Balaban J connectivity index is 3.15. The minimum absolute atomic E-state index is 0.270. The molecule has 0 aliphatic heterocycles. The van der Waals surface area contributed by atoms with E-state index < -0.39 is 5.97 Å². The number of carbonyl (C=O) groups is 1. The molecule has 0 saturated heterocycles. The first kappa shape index (κ1) is 15.1. The zero-order valence-electron chi connectivity index (χ0n) is 12.0. The van der Waals surface area contributed by atoms with Gasteiger partial charge in [-0.1, -0.05) is 6.07 Å². The number of hydrogen-bond acceptors (Lipinski definition) is 3. The van der Waals surface area contributed by atoms with Gasteiger partial charge in [0.25, 0.3) is 0 Å². The van der Waals surface area contributed by atoms with E-state index in [1.54, 1.807) is 38.3 Å². The Hall–Kier alpha value is -1.97. The van der Waals surface area contributed by atoms with Gasteiger partial charge < -0.3 is 14.6 Å². The van der Waals surface area contributed by atoms with Gasteiger partial charge in [-0.3, -0.25) is 0 Å². The van der Waals surface area contributed by atoms with Crippen molar-refractivity contribution in [2.75, 3.05) is 7.11 Å². The van der Waals surface area contributed by atoms with Gasteiger partial charge in [0.1, 0.15) is 5.60 Å². The second-order valence-electron chi connectivity index (χ2n) is 5.26. The molecule has 0 aromatic heterocycles. The Labute approximate surface area is 113 Å². The zero-order valence-corrected chi connectivity index (χ0v) is 12.0. The first-order valence-electron chi connectivity index (χ1n) is 6.01. The summed E-state index contributed by atoms with van der Waals surface area (Å²) in [5.74, 6) is 0.288. The molecule has 0 radical (unpaired) electrons. The van der Waals surface area contributed by atoms with E-state index in [0.717, 1.165) is 5.56 Å². The fourth-order valence-corrected chi connectivity index (χ4v) is 1.50. The standard InChI is InChI=1S/C15H20O4/c1-10(14(16)17)8-11-6-7-12(18-5)13(9-11)19-15(2,3)4/h6-9H,1-5H3,(H,16,17). The van der Waals surface area contributed by atoms with Crippen LogP contribution in [0.2, 0.25) is 0 Å². The molecule has 0 amide bonds. The average Bonchev–Trinajstić information content (AvgIpc) is 2.27. The maximum Gasteiger partial charge on any atom is 0.331 e. The molecular weight excluding hydrogens is 244 g/mol. The summed E-state index contributed by atoms with van der Waals surface area (Å²) in [4.78, 5) is 10.8. The largest absolute Gasteiger partial charge is 0.493 e. The third kappa shape index (κ3) is 4.66. The van der Waals surface area contributed by atoms with Gasteiger partial charge in [0.15, 0.2) is 11.5 Å². The molecule has 0 aliphatic carbocycles. The zero-order chi connectivity index (χ0) is 14.6. The normalized spacial score (nSPS) is 12.2. The Bertz CT molecular complexity index is 495. The van der Waals surface area contributed by atoms with Gasteiger partial charge in [-0.2, -0.15) is 0 Å². The monoisotopic (exact) mass is 264 g/mol. The van der Waals surface area contributed by atoms with Gasteiger partial charge in [0, 0.05) is 5.57 Å². The van der Waals surface area contributed by atoms with Crippen LogP contribution in [0.1, 0.15) is 33.3 Å². The summed E-state index contributed by atoms with van der Waals surface area (Å²) in [5.41, 5.74) is 0.684. The van der Waals surface area contributed by atoms with Crippen LogP contribution in [0.5, 0.6) is 11.5 Å². The van der Waals surface area contributed by atoms with Crippen LogP contribution >= 0.6 is 0 Å². The molecule has 1 N–H and O–H groups in total. The van der Waals surface area contributed by atoms with Crippen LogP contribution in [0.15, 0.2) is 23.8 Å². The summed E-state index contributed by atoms with van der Waals surface area (Å²) < 4.78 is 11.0. The molecule has 1 rings (SSSR count). The van der Waals surface area contributed by atoms with Crippen molar-refractivity contribution in [3.63, 3.8) is 0 Å². The Morgan fingerprint density at radius 2 is 1.89 bits per heavy atom. The fourth-order valence-electron chi connectivity index (χ4n) is 1.50. The lowest BCUT2D eigenvalue weighted by Crippen LogP contribution is -2.23. The molecule has 0 atom stereocenters. The van der Waals surface area contributed by atoms with E-state index in [9.17, 15) is 4.79 Å². The second-order valence-corrected chi connectivity index (χ2v) is 5.26. The number of ether oxygens (including phenoxy) is 2. The van der Waals surface area contributed by atoms with Crippen LogP contribution in [-0.2, 0) is 4.79 Å². The van der Waals surface area contributed by atoms with Crippen LogP contribution in [0.25, 0.3) is 6.08 Å². The predicted octanol–water partition coefficient (Wildman–Crippen LogP) is 3.36. The van der Waals surface area contributed by atoms with Crippen molar-refractivity contribution in [1.29, 1.82) is 0 Å².